The van der Waals surface area contributed by atoms with E-state index in [2.05, 4.69) is 16.0 Å². The van der Waals surface area contributed by atoms with E-state index < -0.39 is 11.7 Å². The summed E-state index contributed by atoms with van der Waals surface area (Å²) in [6.45, 7) is 12.9. The van der Waals surface area contributed by atoms with E-state index in [1.54, 1.807) is 0 Å². The van der Waals surface area contributed by atoms with Crippen LogP contribution in [0.1, 0.15) is 48.0 Å². The summed E-state index contributed by atoms with van der Waals surface area (Å²) in [5.41, 5.74) is -0.683. The number of hydrogen-bond donors (Lipinski definition) is 3. The van der Waals surface area contributed by atoms with Crippen molar-refractivity contribution in [1.82, 2.24) is 16.0 Å². The highest BCUT2D eigenvalue weighted by Crippen LogP contribution is 2.05. The van der Waals surface area contributed by atoms with Crippen LogP contribution in [0, 0.1) is 0 Å². The van der Waals surface area contributed by atoms with Gasteiger partial charge >= 0.3 is 6.09 Å². The third-order valence-electron chi connectivity index (χ3n) is 2.01. The fourth-order valence-corrected chi connectivity index (χ4v) is 1.37. The van der Waals surface area contributed by atoms with Crippen molar-refractivity contribution in [3.63, 3.8) is 0 Å². The Morgan fingerprint density at radius 1 is 0.950 bits per heavy atom. The highest BCUT2D eigenvalue weighted by atomic mass is 16.6. The molecule has 118 valence electrons. The first kappa shape index (κ1) is 18.7. The van der Waals surface area contributed by atoms with Crippen LogP contribution in [-0.4, -0.2) is 42.8 Å². The van der Waals surface area contributed by atoms with Crippen LogP contribution in [0.2, 0.25) is 0 Å². The summed E-state index contributed by atoms with van der Waals surface area (Å²) in [6.07, 6.45) is -0.00579. The minimum absolute atomic E-state index is 0.0186. The van der Waals surface area contributed by atoms with Crippen LogP contribution in [0.5, 0.6) is 0 Å². The Balaban J connectivity index is 3.54. The van der Waals surface area contributed by atoms with Crippen molar-refractivity contribution >= 4 is 12.0 Å². The molecule has 0 fully saturated rings. The van der Waals surface area contributed by atoms with Gasteiger partial charge in [-0.25, -0.2) is 4.79 Å². The lowest BCUT2D eigenvalue weighted by Gasteiger charge is -2.20. The van der Waals surface area contributed by atoms with Crippen LogP contribution < -0.4 is 16.0 Å². The Bertz CT molecular complexity index is 285. The summed E-state index contributed by atoms with van der Waals surface area (Å²) >= 11 is 0. The van der Waals surface area contributed by atoms with Crippen LogP contribution in [0.15, 0.2) is 0 Å². The average molecular weight is 287 g/mol. The van der Waals surface area contributed by atoms with Gasteiger partial charge in [-0.15, -0.1) is 0 Å². The molecule has 0 radical (unpaired) electrons. The Kier molecular flexibility index (Phi) is 7.57. The highest BCUT2D eigenvalue weighted by molar-refractivity contribution is 5.76. The maximum Gasteiger partial charge on any atom is 0.407 e. The molecule has 0 rings (SSSR count). The van der Waals surface area contributed by atoms with Crippen molar-refractivity contribution in [2.75, 3.05) is 19.6 Å². The maximum atomic E-state index is 11.5. The molecule has 6 nitrogen and oxygen atoms in total. The number of carbonyl (C=O) groups is 2. The second-order valence-electron chi connectivity index (χ2n) is 6.73. The molecular formula is C14H29N3O3. The van der Waals surface area contributed by atoms with Gasteiger partial charge in [0.2, 0.25) is 5.91 Å². The molecule has 0 aliphatic heterocycles. The van der Waals surface area contributed by atoms with E-state index in [-0.39, 0.29) is 11.4 Å². The monoisotopic (exact) mass is 287 g/mol. The quantitative estimate of drug-likeness (QED) is 0.645. The number of nitrogens with one attached hydrogen (secondary N) is 3. The van der Waals surface area contributed by atoms with Crippen molar-refractivity contribution in [3.8, 4) is 0 Å². The number of rotatable bonds is 6. The van der Waals surface area contributed by atoms with Crippen molar-refractivity contribution < 1.29 is 14.3 Å². The molecule has 0 aliphatic rings. The minimum Gasteiger partial charge on any atom is -0.444 e. The molecule has 0 spiro atoms. The Hall–Kier alpha value is -1.30. The molecule has 20 heavy (non-hydrogen) atoms. The molecule has 6 heteroatoms. The Morgan fingerprint density at radius 2 is 1.55 bits per heavy atom. The van der Waals surface area contributed by atoms with Gasteiger partial charge in [-0.2, -0.15) is 0 Å². The summed E-state index contributed by atoms with van der Waals surface area (Å²) in [4.78, 5) is 22.8. The van der Waals surface area contributed by atoms with E-state index in [4.69, 9.17) is 4.74 Å². The molecule has 0 aromatic rings. The summed E-state index contributed by atoms with van der Waals surface area (Å²) in [7, 11) is 0. The molecular weight excluding hydrogens is 258 g/mol. The van der Waals surface area contributed by atoms with Gasteiger partial charge < -0.3 is 20.7 Å². The molecule has 0 bridgehead atoms. The molecule has 3 N–H and O–H groups in total. The smallest absolute Gasteiger partial charge is 0.407 e. The molecule has 0 aliphatic carbocycles. The van der Waals surface area contributed by atoms with E-state index in [0.29, 0.717) is 26.1 Å². The third kappa shape index (κ3) is 13.1. The van der Waals surface area contributed by atoms with Crippen LogP contribution in [0.25, 0.3) is 0 Å². The van der Waals surface area contributed by atoms with E-state index in [9.17, 15) is 9.59 Å². The van der Waals surface area contributed by atoms with Gasteiger partial charge in [-0.05, 0) is 41.5 Å². The topological polar surface area (TPSA) is 79.5 Å². The van der Waals surface area contributed by atoms with Crippen LogP contribution in [-0.2, 0) is 9.53 Å². The van der Waals surface area contributed by atoms with Crippen molar-refractivity contribution in [3.05, 3.63) is 0 Å². The van der Waals surface area contributed by atoms with Gasteiger partial charge in [-0.1, -0.05) is 0 Å². The summed E-state index contributed by atoms with van der Waals surface area (Å²) in [6, 6.07) is 0. The number of amides is 2. The fourth-order valence-electron chi connectivity index (χ4n) is 1.37. The predicted molar refractivity (Wildman–Crippen MR) is 79.6 cm³/mol. The molecule has 0 aromatic carbocycles. The third-order valence-corrected chi connectivity index (χ3v) is 2.01. The number of carbonyl (C=O) groups excluding carboxylic acids is 2. The summed E-state index contributed by atoms with van der Waals surface area (Å²) in [5.74, 6) is 0.0186. The second kappa shape index (κ2) is 8.09. The van der Waals surface area contributed by atoms with E-state index in [1.807, 2.05) is 41.5 Å². The van der Waals surface area contributed by atoms with E-state index in [1.165, 1.54) is 0 Å². The largest absolute Gasteiger partial charge is 0.444 e. The van der Waals surface area contributed by atoms with Gasteiger partial charge in [0, 0.05) is 31.6 Å². The molecule has 0 saturated heterocycles. The molecule has 0 heterocycles. The normalized spacial score (nSPS) is 11.9. The molecule has 2 amide bonds. The van der Waals surface area contributed by atoms with Crippen LogP contribution in [0.4, 0.5) is 4.79 Å². The summed E-state index contributed by atoms with van der Waals surface area (Å²) in [5, 5.41) is 8.62. The van der Waals surface area contributed by atoms with Crippen molar-refractivity contribution in [1.29, 1.82) is 0 Å². The fraction of sp³-hybridized carbons (Fsp3) is 0.857. The van der Waals surface area contributed by atoms with E-state index in [0.717, 1.165) is 0 Å². The zero-order chi connectivity index (χ0) is 15.8. The number of hydrogen-bond acceptors (Lipinski definition) is 4. The molecule has 0 saturated carbocycles. The zero-order valence-corrected chi connectivity index (χ0v) is 13.6. The zero-order valence-electron chi connectivity index (χ0n) is 13.6. The average Bonchev–Trinajstić information content (AvgIpc) is 2.17. The van der Waals surface area contributed by atoms with Gasteiger partial charge in [0.05, 0.1) is 0 Å². The van der Waals surface area contributed by atoms with Gasteiger partial charge in [-0.3, -0.25) is 4.79 Å². The second-order valence-corrected chi connectivity index (χ2v) is 6.73. The lowest BCUT2D eigenvalue weighted by molar-refractivity contribution is -0.122. The SMILES string of the molecule is CC(C)(C)NC(=O)CCNCCNC(=O)OC(C)(C)C. The lowest BCUT2D eigenvalue weighted by Crippen LogP contribution is -2.42. The lowest BCUT2D eigenvalue weighted by atomic mass is 10.1. The van der Waals surface area contributed by atoms with Crippen molar-refractivity contribution in [2.24, 2.45) is 0 Å². The standard InChI is InChI=1S/C14H29N3O3/c1-13(2,3)17-11(18)7-8-15-9-10-16-12(19)20-14(4,5)6/h15H,7-10H2,1-6H3,(H,16,19)(H,17,18). The Labute approximate surface area is 122 Å². The van der Waals surface area contributed by atoms with Gasteiger partial charge in [0.25, 0.3) is 0 Å². The first-order valence-electron chi connectivity index (χ1n) is 6.98. The highest BCUT2D eigenvalue weighted by Gasteiger charge is 2.15. The van der Waals surface area contributed by atoms with Gasteiger partial charge in [0.15, 0.2) is 0 Å². The maximum absolute atomic E-state index is 11.5. The number of ether oxygens (including phenoxy) is 1. The van der Waals surface area contributed by atoms with Gasteiger partial charge in [0.1, 0.15) is 5.60 Å². The molecule has 0 atom stereocenters. The first-order chi connectivity index (χ1) is 8.99. The van der Waals surface area contributed by atoms with Crippen molar-refractivity contribution in [2.45, 2.75) is 59.1 Å². The minimum atomic E-state index is -0.484. The Morgan fingerprint density at radius 3 is 2.05 bits per heavy atom. The summed E-state index contributed by atoms with van der Waals surface area (Å²) < 4.78 is 5.10. The molecule has 0 unspecified atom stereocenters. The van der Waals surface area contributed by atoms with E-state index >= 15 is 0 Å². The molecule has 0 aromatic heterocycles. The van der Waals surface area contributed by atoms with Crippen LogP contribution >= 0.6 is 0 Å². The predicted octanol–water partition coefficient (Wildman–Crippen LogP) is 1.41. The first-order valence-corrected chi connectivity index (χ1v) is 6.98. The number of alkyl carbamates (subject to hydrolysis) is 1. The van der Waals surface area contributed by atoms with Crippen LogP contribution in [0.3, 0.4) is 0 Å².